The van der Waals surface area contributed by atoms with Crippen LogP contribution in [0.4, 0.5) is 0 Å². The largest absolute Gasteiger partial charge is 0.493 e. The Labute approximate surface area is 168 Å². The number of carbonyl (C=O) groups is 3. The van der Waals surface area contributed by atoms with Gasteiger partial charge in [-0.25, -0.2) is 0 Å². The third-order valence-corrected chi connectivity index (χ3v) is 4.66. The summed E-state index contributed by atoms with van der Waals surface area (Å²) in [4.78, 5) is 39.7. The van der Waals surface area contributed by atoms with Crippen LogP contribution in [0.2, 0.25) is 0 Å². The van der Waals surface area contributed by atoms with E-state index in [-0.39, 0.29) is 18.4 Å². The number of hydrogen-bond donors (Lipinski definition) is 1. The van der Waals surface area contributed by atoms with Crippen LogP contribution in [0.1, 0.15) is 20.7 Å². The lowest BCUT2D eigenvalue weighted by Gasteiger charge is -2.35. The fourth-order valence-corrected chi connectivity index (χ4v) is 3.13. The minimum absolute atomic E-state index is 0.0321. The molecule has 152 valence electrons. The van der Waals surface area contributed by atoms with Gasteiger partial charge in [-0.05, 0) is 30.3 Å². The molecule has 0 saturated carbocycles. The normalized spacial score (nSPS) is 13.7. The fraction of sp³-hybridized carbons (Fsp3) is 0.286. The Kier molecular flexibility index (Phi) is 6.33. The van der Waals surface area contributed by atoms with Crippen LogP contribution in [0.3, 0.4) is 0 Å². The van der Waals surface area contributed by atoms with Crippen LogP contribution < -0.4 is 15.2 Å². The number of amides is 3. The Bertz CT molecular complexity index is 892. The second kappa shape index (κ2) is 9.09. The van der Waals surface area contributed by atoms with Gasteiger partial charge in [0.25, 0.3) is 17.7 Å². The minimum atomic E-state index is -0.602. The molecular formula is C21H23N3O5. The van der Waals surface area contributed by atoms with E-state index in [2.05, 4.69) is 0 Å². The zero-order valence-electron chi connectivity index (χ0n) is 16.2. The molecule has 0 atom stereocenters. The van der Waals surface area contributed by atoms with E-state index in [1.165, 1.54) is 7.11 Å². The Morgan fingerprint density at radius 1 is 0.862 bits per heavy atom. The maximum atomic E-state index is 12.8. The van der Waals surface area contributed by atoms with Crippen molar-refractivity contribution in [3.63, 3.8) is 0 Å². The van der Waals surface area contributed by atoms with Gasteiger partial charge in [0.15, 0.2) is 18.1 Å². The summed E-state index contributed by atoms with van der Waals surface area (Å²) in [6, 6.07) is 13.9. The lowest BCUT2D eigenvalue weighted by atomic mass is 10.1. The van der Waals surface area contributed by atoms with E-state index < -0.39 is 5.91 Å². The molecule has 1 saturated heterocycles. The van der Waals surface area contributed by atoms with Crippen LogP contribution in [-0.4, -0.2) is 67.4 Å². The third kappa shape index (κ3) is 4.84. The second-order valence-corrected chi connectivity index (χ2v) is 6.57. The number of piperazine rings is 1. The minimum Gasteiger partial charge on any atom is -0.493 e. The van der Waals surface area contributed by atoms with Crippen molar-refractivity contribution in [3.8, 4) is 11.5 Å². The molecule has 1 heterocycles. The van der Waals surface area contributed by atoms with E-state index in [9.17, 15) is 14.4 Å². The molecule has 0 spiro atoms. The van der Waals surface area contributed by atoms with E-state index in [1.54, 1.807) is 40.1 Å². The van der Waals surface area contributed by atoms with Gasteiger partial charge in [0, 0.05) is 37.3 Å². The Morgan fingerprint density at radius 3 is 2.00 bits per heavy atom. The first-order valence-corrected chi connectivity index (χ1v) is 9.22. The first-order chi connectivity index (χ1) is 14.0. The Morgan fingerprint density at radius 2 is 1.45 bits per heavy atom. The van der Waals surface area contributed by atoms with Gasteiger partial charge in [0.2, 0.25) is 0 Å². The summed E-state index contributed by atoms with van der Waals surface area (Å²) in [5.41, 5.74) is 6.17. The van der Waals surface area contributed by atoms with Crippen molar-refractivity contribution in [2.24, 2.45) is 5.73 Å². The van der Waals surface area contributed by atoms with E-state index >= 15 is 0 Å². The number of primary amides is 1. The van der Waals surface area contributed by atoms with Crippen LogP contribution in [0.5, 0.6) is 11.5 Å². The molecule has 2 aromatic carbocycles. The highest BCUT2D eigenvalue weighted by Gasteiger charge is 2.26. The quantitative estimate of drug-likeness (QED) is 0.788. The molecule has 29 heavy (non-hydrogen) atoms. The highest BCUT2D eigenvalue weighted by atomic mass is 16.5. The third-order valence-electron chi connectivity index (χ3n) is 4.66. The van der Waals surface area contributed by atoms with Gasteiger partial charge in [0.05, 0.1) is 7.11 Å². The van der Waals surface area contributed by atoms with Crippen LogP contribution >= 0.6 is 0 Å². The predicted molar refractivity (Wildman–Crippen MR) is 106 cm³/mol. The number of ether oxygens (including phenoxy) is 2. The Hall–Kier alpha value is -3.55. The van der Waals surface area contributed by atoms with Crippen LogP contribution in [0.15, 0.2) is 48.5 Å². The lowest BCUT2D eigenvalue weighted by molar-refractivity contribution is -0.119. The molecule has 1 aliphatic heterocycles. The highest BCUT2D eigenvalue weighted by Crippen LogP contribution is 2.28. The molecule has 8 heteroatoms. The van der Waals surface area contributed by atoms with Crippen molar-refractivity contribution < 1.29 is 23.9 Å². The van der Waals surface area contributed by atoms with Gasteiger partial charge < -0.3 is 25.0 Å². The molecule has 1 fully saturated rings. The van der Waals surface area contributed by atoms with Crippen molar-refractivity contribution in [3.05, 3.63) is 59.7 Å². The maximum absolute atomic E-state index is 12.8. The molecular weight excluding hydrogens is 374 g/mol. The fourth-order valence-electron chi connectivity index (χ4n) is 3.13. The summed E-state index contributed by atoms with van der Waals surface area (Å²) in [6.07, 6.45) is 0. The van der Waals surface area contributed by atoms with Crippen molar-refractivity contribution in [2.45, 2.75) is 0 Å². The van der Waals surface area contributed by atoms with E-state index in [4.69, 9.17) is 15.2 Å². The lowest BCUT2D eigenvalue weighted by Crippen LogP contribution is -2.50. The van der Waals surface area contributed by atoms with Gasteiger partial charge in [-0.15, -0.1) is 0 Å². The molecule has 0 aliphatic carbocycles. The standard InChI is InChI=1S/C21H23N3O5/c1-28-18-13-16(7-8-17(18)29-14-19(22)25)21(27)24-11-9-23(10-12-24)20(26)15-5-3-2-4-6-15/h2-8,13H,9-12,14H2,1H3,(H2,22,25). The monoisotopic (exact) mass is 397 g/mol. The number of methoxy groups -OCH3 is 1. The van der Waals surface area contributed by atoms with Gasteiger partial charge >= 0.3 is 0 Å². The van der Waals surface area contributed by atoms with Crippen LogP contribution in [0.25, 0.3) is 0 Å². The molecule has 0 radical (unpaired) electrons. The summed E-state index contributed by atoms with van der Waals surface area (Å²) >= 11 is 0. The van der Waals surface area contributed by atoms with Gasteiger partial charge in [-0.3, -0.25) is 14.4 Å². The molecule has 2 aromatic rings. The molecule has 2 N–H and O–H groups in total. The highest BCUT2D eigenvalue weighted by molar-refractivity contribution is 5.96. The molecule has 3 amide bonds. The average molecular weight is 397 g/mol. The zero-order valence-corrected chi connectivity index (χ0v) is 16.2. The van der Waals surface area contributed by atoms with Crippen molar-refractivity contribution in [2.75, 3.05) is 39.9 Å². The van der Waals surface area contributed by atoms with Crippen molar-refractivity contribution in [1.82, 2.24) is 9.80 Å². The SMILES string of the molecule is COc1cc(C(=O)N2CCN(C(=O)c3ccccc3)CC2)ccc1OCC(N)=O. The van der Waals surface area contributed by atoms with Gasteiger partial charge in [-0.2, -0.15) is 0 Å². The first kappa shape index (κ1) is 20.2. The molecule has 0 bridgehead atoms. The molecule has 8 nitrogen and oxygen atoms in total. The summed E-state index contributed by atoms with van der Waals surface area (Å²) < 4.78 is 10.5. The number of nitrogens with zero attached hydrogens (tertiary/aromatic N) is 2. The summed E-state index contributed by atoms with van der Waals surface area (Å²) in [5.74, 6) is -0.113. The topological polar surface area (TPSA) is 102 Å². The summed E-state index contributed by atoms with van der Waals surface area (Å²) in [6.45, 7) is 1.55. The number of carbonyl (C=O) groups excluding carboxylic acids is 3. The van der Waals surface area contributed by atoms with E-state index in [0.717, 1.165) is 0 Å². The van der Waals surface area contributed by atoms with Crippen molar-refractivity contribution >= 4 is 17.7 Å². The zero-order chi connectivity index (χ0) is 20.8. The van der Waals surface area contributed by atoms with Crippen LogP contribution in [0, 0.1) is 0 Å². The second-order valence-electron chi connectivity index (χ2n) is 6.57. The molecule has 1 aliphatic rings. The van der Waals surface area contributed by atoms with Gasteiger partial charge in [-0.1, -0.05) is 18.2 Å². The Balaban J connectivity index is 1.63. The first-order valence-electron chi connectivity index (χ1n) is 9.22. The number of nitrogens with two attached hydrogens (primary N) is 1. The average Bonchev–Trinajstić information content (AvgIpc) is 2.77. The van der Waals surface area contributed by atoms with Crippen molar-refractivity contribution in [1.29, 1.82) is 0 Å². The summed E-state index contributed by atoms with van der Waals surface area (Å²) in [5, 5.41) is 0. The number of hydrogen-bond acceptors (Lipinski definition) is 5. The predicted octanol–water partition coefficient (Wildman–Crippen LogP) is 1.16. The molecule has 0 aromatic heterocycles. The number of benzene rings is 2. The van der Waals surface area contributed by atoms with E-state index in [1.807, 2.05) is 18.2 Å². The summed E-state index contributed by atoms with van der Waals surface area (Å²) in [7, 11) is 1.45. The molecule has 0 unspecified atom stereocenters. The molecule has 3 rings (SSSR count). The van der Waals surface area contributed by atoms with Crippen LogP contribution in [-0.2, 0) is 4.79 Å². The van der Waals surface area contributed by atoms with Gasteiger partial charge in [0.1, 0.15) is 0 Å². The van der Waals surface area contributed by atoms with E-state index in [0.29, 0.717) is 48.8 Å². The number of rotatable bonds is 6. The smallest absolute Gasteiger partial charge is 0.255 e. The maximum Gasteiger partial charge on any atom is 0.255 e.